The molecule has 1 aliphatic rings. The van der Waals surface area contributed by atoms with Crippen molar-refractivity contribution in [3.63, 3.8) is 0 Å². The first-order chi connectivity index (χ1) is 11.1. The Morgan fingerprint density at radius 1 is 0.913 bits per heavy atom. The predicted octanol–water partition coefficient (Wildman–Crippen LogP) is 3.17. The smallest absolute Gasteiger partial charge is 0.277 e. The molecule has 0 aromatic heterocycles. The first kappa shape index (κ1) is 15.0. The number of carbonyl (C=O) groups is 2. The highest BCUT2D eigenvalue weighted by atomic mass is 16.2. The minimum absolute atomic E-state index is 0.285. The second-order valence-corrected chi connectivity index (χ2v) is 5.66. The topological polar surface area (TPSA) is 49.4 Å². The van der Waals surface area contributed by atoms with E-state index < -0.39 is 0 Å². The summed E-state index contributed by atoms with van der Waals surface area (Å²) >= 11 is 0. The van der Waals surface area contributed by atoms with Crippen LogP contribution in [0.1, 0.15) is 16.7 Å². The zero-order valence-corrected chi connectivity index (χ0v) is 13.2. The van der Waals surface area contributed by atoms with Crippen molar-refractivity contribution in [1.82, 2.24) is 4.90 Å². The average Bonchev–Trinajstić information content (AvgIpc) is 2.80. The monoisotopic (exact) mass is 306 g/mol. The molecule has 0 atom stereocenters. The Morgan fingerprint density at radius 2 is 1.57 bits per heavy atom. The van der Waals surface area contributed by atoms with Crippen LogP contribution in [0.3, 0.4) is 0 Å². The van der Waals surface area contributed by atoms with Crippen molar-refractivity contribution in [1.29, 1.82) is 0 Å². The average molecular weight is 306 g/mol. The number of benzene rings is 2. The van der Waals surface area contributed by atoms with Crippen LogP contribution in [0.25, 0.3) is 0 Å². The van der Waals surface area contributed by atoms with Crippen molar-refractivity contribution in [3.8, 4) is 0 Å². The molecule has 4 nitrogen and oxygen atoms in total. The summed E-state index contributed by atoms with van der Waals surface area (Å²) < 4.78 is 0. The number of hydrogen-bond acceptors (Lipinski definition) is 3. The van der Waals surface area contributed by atoms with E-state index in [0.29, 0.717) is 5.70 Å². The van der Waals surface area contributed by atoms with E-state index in [1.807, 2.05) is 62.4 Å². The van der Waals surface area contributed by atoms with Crippen LogP contribution < -0.4 is 5.32 Å². The van der Waals surface area contributed by atoms with E-state index in [1.54, 1.807) is 0 Å². The summed E-state index contributed by atoms with van der Waals surface area (Å²) in [5, 5.41) is 3.12. The molecule has 2 aromatic rings. The van der Waals surface area contributed by atoms with Crippen LogP contribution in [0.4, 0.5) is 5.69 Å². The molecule has 0 spiro atoms. The third-order valence-electron chi connectivity index (χ3n) is 3.93. The summed E-state index contributed by atoms with van der Waals surface area (Å²) in [4.78, 5) is 25.9. The molecule has 3 rings (SSSR count). The van der Waals surface area contributed by atoms with E-state index in [4.69, 9.17) is 0 Å². The Labute approximate surface area is 135 Å². The van der Waals surface area contributed by atoms with Gasteiger partial charge < -0.3 is 5.32 Å². The Balaban J connectivity index is 1.79. The van der Waals surface area contributed by atoms with E-state index in [0.717, 1.165) is 22.4 Å². The van der Waals surface area contributed by atoms with E-state index in [2.05, 4.69) is 5.32 Å². The largest absolute Gasteiger partial charge is 0.350 e. The maximum absolute atomic E-state index is 12.5. The highest BCUT2D eigenvalue weighted by Gasteiger charge is 2.31. The Morgan fingerprint density at radius 3 is 2.22 bits per heavy atom. The van der Waals surface area contributed by atoms with Crippen molar-refractivity contribution in [2.45, 2.75) is 20.4 Å². The van der Waals surface area contributed by atoms with Crippen LogP contribution in [0.15, 0.2) is 60.3 Å². The molecule has 0 aliphatic carbocycles. The molecule has 2 aromatic carbocycles. The van der Waals surface area contributed by atoms with Crippen LogP contribution in [0.5, 0.6) is 0 Å². The highest BCUT2D eigenvalue weighted by Crippen LogP contribution is 2.24. The van der Waals surface area contributed by atoms with Crippen LogP contribution in [0, 0.1) is 13.8 Å². The van der Waals surface area contributed by atoms with Crippen LogP contribution in [-0.2, 0) is 16.1 Å². The molecule has 1 heterocycles. The number of hydrogen-bond donors (Lipinski definition) is 1. The molecule has 0 bridgehead atoms. The molecular weight excluding hydrogens is 288 g/mol. The molecule has 0 saturated heterocycles. The van der Waals surface area contributed by atoms with Gasteiger partial charge in [0.25, 0.3) is 11.8 Å². The van der Waals surface area contributed by atoms with Gasteiger partial charge in [-0.25, -0.2) is 0 Å². The lowest BCUT2D eigenvalue weighted by Gasteiger charge is -2.16. The molecule has 116 valence electrons. The van der Waals surface area contributed by atoms with Crippen molar-refractivity contribution in [2.75, 3.05) is 5.32 Å². The third-order valence-corrected chi connectivity index (χ3v) is 3.93. The Hall–Kier alpha value is -2.88. The Kier molecular flexibility index (Phi) is 3.98. The van der Waals surface area contributed by atoms with Crippen molar-refractivity contribution in [3.05, 3.63) is 77.0 Å². The summed E-state index contributed by atoms with van der Waals surface area (Å²) in [6.07, 6.45) is 1.37. The molecule has 0 radical (unpaired) electrons. The Bertz CT molecular complexity index is 774. The lowest BCUT2D eigenvalue weighted by atomic mass is 10.1. The first-order valence-corrected chi connectivity index (χ1v) is 7.51. The number of carbonyl (C=O) groups excluding carboxylic acids is 2. The lowest BCUT2D eigenvalue weighted by Crippen LogP contribution is -2.31. The van der Waals surface area contributed by atoms with Gasteiger partial charge in [0.2, 0.25) is 0 Å². The van der Waals surface area contributed by atoms with Gasteiger partial charge in [0.05, 0.1) is 6.54 Å². The van der Waals surface area contributed by atoms with E-state index in [-0.39, 0.29) is 18.4 Å². The maximum Gasteiger partial charge on any atom is 0.277 e. The van der Waals surface area contributed by atoms with Gasteiger partial charge in [0, 0.05) is 11.8 Å². The summed E-state index contributed by atoms with van der Waals surface area (Å²) in [5.74, 6) is -0.575. The fourth-order valence-electron chi connectivity index (χ4n) is 2.66. The van der Waals surface area contributed by atoms with Crippen LogP contribution in [0.2, 0.25) is 0 Å². The molecule has 4 heteroatoms. The molecule has 0 fully saturated rings. The summed E-state index contributed by atoms with van der Waals surface area (Å²) in [7, 11) is 0. The standard InChI is InChI=1S/C19H18N2O2/c1-13-7-6-8-14(2)18(13)20-16-11-17(22)21(19(16)23)12-15-9-4-3-5-10-15/h3-11,20H,12H2,1-2H3. The van der Waals surface area contributed by atoms with Crippen LogP contribution in [-0.4, -0.2) is 16.7 Å². The van der Waals surface area contributed by atoms with E-state index >= 15 is 0 Å². The SMILES string of the molecule is Cc1cccc(C)c1NC1=CC(=O)N(Cc2ccccc2)C1=O. The lowest BCUT2D eigenvalue weighted by molar-refractivity contribution is -0.137. The molecular formula is C19H18N2O2. The second kappa shape index (κ2) is 6.08. The molecule has 0 saturated carbocycles. The van der Waals surface area contributed by atoms with Gasteiger partial charge >= 0.3 is 0 Å². The minimum atomic E-state index is -0.290. The normalized spacial score (nSPS) is 14.2. The first-order valence-electron chi connectivity index (χ1n) is 7.51. The summed E-state index contributed by atoms with van der Waals surface area (Å²) in [6.45, 7) is 4.23. The molecule has 0 unspecified atom stereocenters. The molecule has 1 aliphatic heterocycles. The quantitative estimate of drug-likeness (QED) is 0.883. The minimum Gasteiger partial charge on any atom is -0.350 e. The number of nitrogens with one attached hydrogen (secondary N) is 1. The van der Waals surface area contributed by atoms with Crippen molar-refractivity contribution in [2.24, 2.45) is 0 Å². The number of amides is 2. The number of anilines is 1. The molecule has 1 N–H and O–H groups in total. The fraction of sp³-hybridized carbons (Fsp3) is 0.158. The van der Waals surface area contributed by atoms with Gasteiger partial charge in [0.15, 0.2) is 0 Å². The van der Waals surface area contributed by atoms with Gasteiger partial charge in [0.1, 0.15) is 5.70 Å². The van der Waals surface area contributed by atoms with E-state index in [1.165, 1.54) is 11.0 Å². The number of para-hydroxylation sites is 1. The highest BCUT2D eigenvalue weighted by molar-refractivity contribution is 6.17. The van der Waals surface area contributed by atoms with Gasteiger partial charge in [-0.1, -0.05) is 48.5 Å². The second-order valence-electron chi connectivity index (χ2n) is 5.66. The van der Waals surface area contributed by atoms with Crippen molar-refractivity contribution >= 4 is 17.5 Å². The van der Waals surface area contributed by atoms with Gasteiger partial charge in [-0.15, -0.1) is 0 Å². The number of imide groups is 1. The summed E-state index contributed by atoms with van der Waals surface area (Å²) in [5.41, 5.74) is 4.20. The number of aryl methyl sites for hydroxylation is 2. The number of nitrogens with zero attached hydrogens (tertiary/aromatic N) is 1. The van der Waals surface area contributed by atoms with Crippen molar-refractivity contribution < 1.29 is 9.59 Å². The zero-order valence-electron chi connectivity index (χ0n) is 13.2. The van der Waals surface area contributed by atoms with Gasteiger partial charge in [-0.2, -0.15) is 0 Å². The maximum atomic E-state index is 12.5. The van der Waals surface area contributed by atoms with Gasteiger partial charge in [-0.3, -0.25) is 14.5 Å². The third kappa shape index (κ3) is 3.01. The van der Waals surface area contributed by atoms with E-state index in [9.17, 15) is 9.59 Å². The molecule has 23 heavy (non-hydrogen) atoms. The molecule has 2 amide bonds. The van der Waals surface area contributed by atoms with Crippen LogP contribution >= 0.6 is 0 Å². The zero-order chi connectivity index (χ0) is 16.4. The number of rotatable bonds is 4. The van der Waals surface area contributed by atoms with Gasteiger partial charge in [-0.05, 0) is 30.5 Å². The summed E-state index contributed by atoms with van der Waals surface area (Å²) in [6, 6.07) is 15.4. The fourth-order valence-corrected chi connectivity index (χ4v) is 2.66. The predicted molar refractivity (Wildman–Crippen MR) is 89.6 cm³/mol.